The molecule has 184 valence electrons. The summed E-state index contributed by atoms with van der Waals surface area (Å²) in [5.74, 6) is 1.09. The molecule has 4 rings (SSSR count). The van der Waals surface area contributed by atoms with Crippen LogP contribution in [0.4, 0.5) is 5.69 Å². The van der Waals surface area contributed by atoms with Crippen LogP contribution in [0.5, 0.6) is 0 Å². The molecule has 2 heterocycles. The van der Waals surface area contributed by atoms with Crippen molar-refractivity contribution in [2.45, 2.75) is 66.3 Å². The highest BCUT2D eigenvalue weighted by molar-refractivity contribution is 6.33. The van der Waals surface area contributed by atoms with E-state index in [1.165, 1.54) is 5.56 Å². The minimum Gasteiger partial charge on any atom is -0.371 e. The van der Waals surface area contributed by atoms with Crippen LogP contribution in [0.1, 0.15) is 58.9 Å². The smallest absolute Gasteiger partial charge is 0.227 e. The van der Waals surface area contributed by atoms with Crippen molar-refractivity contribution in [1.82, 2.24) is 14.9 Å². The average molecular weight is 483 g/mol. The van der Waals surface area contributed by atoms with E-state index in [0.29, 0.717) is 11.1 Å². The molecule has 1 aromatic heterocycles. The maximum Gasteiger partial charge on any atom is 0.227 e. The molecule has 2 atom stereocenters. The second-order valence-electron chi connectivity index (χ2n) is 9.00. The zero-order valence-electron chi connectivity index (χ0n) is 21.5. The number of nitrogens with zero attached hydrogens (tertiary/aromatic N) is 3. The fraction of sp³-hybridized carbons (Fsp3) is 0.500. The van der Waals surface area contributed by atoms with Gasteiger partial charge in [0.2, 0.25) is 5.91 Å². The number of rotatable bonds is 7. The first-order valence-electron chi connectivity index (χ1n) is 12.7. The molecular weight excluding hydrogens is 444 g/mol. The summed E-state index contributed by atoms with van der Waals surface area (Å²) in [4.78, 5) is 25.6. The molecule has 6 heteroatoms. The number of carbonyl (C=O) groups excluding carboxylic acids is 1. The third-order valence-corrected chi connectivity index (χ3v) is 7.06. The van der Waals surface area contributed by atoms with Crippen LogP contribution in [0, 0.1) is 12.8 Å². The molecule has 0 spiro atoms. The number of aryl methyl sites for hydroxylation is 1. The summed E-state index contributed by atoms with van der Waals surface area (Å²) < 4.78 is 0. The molecule has 1 aliphatic rings. The van der Waals surface area contributed by atoms with Crippen LogP contribution in [0.2, 0.25) is 5.02 Å². The molecule has 0 radical (unpaired) electrons. The van der Waals surface area contributed by atoms with Gasteiger partial charge in [0.25, 0.3) is 0 Å². The van der Waals surface area contributed by atoms with Gasteiger partial charge in [-0.1, -0.05) is 51.8 Å². The van der Waals surface area contributed by atoms with Gasteiger partial charge in [0.15, 0.2) is 0 Å². The fourth-order valence-corrected chi connectivity index (χ4v) is 5.02. The Morgan fingerprint density at radius 2 is 2.00 bits per heavy atom. The lowest BCUT2D eigenvalue weighted by atomic mass is 10.0. The number of H-pyrrole nitrogens is 1. The number of amides is 1. The number of aromatic nitrogens is 2. The van der Waals surface area contributed by atoms with Crippen molar-refractivity contribution in [2.24, 2.45) is 5.92 Å². The van der Waals surface area contributed by atoms with Gasteiger partial charge in [0.05, 0.1) is 22.0 Å². The number of nitrogens with one attached hydrogen (secondary N) is 1. The molecule has 1 N–H and O–H groups in total. The molecule has 1 aliphatic heterocycles. The number of hydrogen-bond acceptors (Lipinski definition) is 3. The van der Waals surface area contributed by atoms with Crippen LogP contribution >= 0.6 is 11.6 Å². The summed E-state index contributed by atoms with van der Waals surface area (Å²) in [6.45, 7) is 12.0. The van der Waals surface area contributed by atoms with Crippen LogP contribution in [0.3, 0.4) is 0 Å². The minimum atomic E-state index is 0.0409. The molecule has 1 amide bonds. The van der Waals surface area contributed by atoms with Gasteiger partial charge in [0.1, 0.15) is 5.82 Å². The Morgan fingerprint density at radius 1 is 1.24 bits per heavy atom. The van der Waals surface area contributed by atoms with Crippen molar-refractivity contribution in [3.63, 3.8) is 0 Å². The monoisotopic (exact) mass is 482 g/mol. The van der Waals surface area contributed by atoms with Gasteiger partial charge in [-0.15, -0.1) is 0 Å². The van der Waals surface area contributed by atoms with Gasteiger partial charge in [-0.05, 0) is 62.1 Å². The zero-order chi connectivity index (χ0) is 24.8. The molecule has 1 fully saturated rings. The van der Waals surface area contributed by atoms with E-state index in [-0.39, 0.29) is 11.8 Å². The van der Waals surface area contributed by atoms with Crippen LogP contribution < -0.4 is 4.90 Å². The number of fused-ring (bicyclic) bond motifs is 1. The van der Waals surface area contributed by atoms with E-state index in [0.717, 1.165) is 66.9 Å². The number of carbonyl (C=O) groups is 1. The maximum absolute atomic E-state index is 13.1. The summed E-state index contributed by atoms with van der Waals surface area (Å²) >= 11 is 6.56. The molecule has 34 heavy (non-hydrogen) atoms. The lowest BCUT2D eigenvalue weighted by Gasteiger charge is -2.29. The first-order valence-corrected chi connectivity index (χ1v) is 13.1. The molecule has 2 unspecified atom stereocenters. The largest absolute Gasteiger partial charge is 0.371 e. The third kappa shape index (κ3) is 5.57. The van der Waals surface area contributed by atoms with E-state index in [1.54, 1.807) is 0 Å². The molecule has 0 bridgehead atoms. The second-order valence-corrected chi connectivity index (χ2v) is 9.41. The number of anilines is 1. The number of halogens is 1. The van der Waals surface area contributed by atoms with Crippen LogP contribution in [-0.2, 0) is 4.79 Å². The quantitative estimate of drug-likeness (QED) is 0.391. The molecular formula is C28H39ClN4O. The van der Waals surface area contributed by atoms with Gasteiger partial charge in [-0.2, -0.15) is 0 Å². The van der Waals surface area contributed by atoms with E-state index in [4.69, 9.17) is 16.6 Å². The van der Waals surface area contributed by atoms with Crippen molar-refractivity contribution < 1.29 is 4.79 Å². The van der Waals surface area contributed by atoms with Crippen molar-refractivity contribution in [2.75, 3.05) is 25.0 Å². The molecule has 3 aromatic rings. The van der Waals surface area contributed by atoms with E-state index >= 15 is 0 Å². The predicted molar refractivity (Wildman–Crippen MR) is 145 cm³/mol. The summed E-state index contributed by atoms with van der Waals surface area (Å²) in [6, 6.07) is 12.6. The highest BCUT2D eigenvalue weighted by Gasteiger charge is 2.32. The molecule has 2 aromatic carbocycles. The average Bonchev–Trinajstić information content (AvgIpc) is 3.50. The van der Waals surface area contributed by atoms with Gasteiger partial charge >= 0.3 is 0 Å². The highest BCUT2D eigenvalue weighted by Crippen LogP contribution is 2.34. The Bertz CT molecular complexity index is 1110. The highest BCUT2D eigenvalue weighted by atomic mass is 35.5. The Labute approximate surface area is 209 Å². The van der Waals surface area contributed by atoms with E-state index in [2.05, 4.69) is 48.9 Å². The Balaban J connectivity index is 0.00000158. The summed E-state index contributed by atoms with van der Waals surface area (Å²) in [5, 5.41) is 0.668. The van der Waals surface area contributed by atoms with Crippen molar-refractivity contribution in [3.05, 3.63) is 47.0 Å². The summed E-state index contributed by atoms with van der Waals surface area (Å²) in [5.41, 5.74) is 5.10. The molecule has 1 saturated heterocycles. The van der Waals surface area contributed by atoms with Crippen molar-refractivity contribution >= 4 is 34.2 Å². The maximum atomic E-state index is 13.1. The van der Waals surface area contributed by atoms with E-state index in [9.17, 15) is 4.79 Å². The second kappa shape index (κ2) is 11.7. The third-order valence-electron chi connectivity index (χ3n) is 6.73. The van der Waals surface area contributed by atoms with Gasteiger partial charge in [0, 0.05) is 37.4 Å². The number of aromatic amines is 1. The number of benzene rings is 2. The number of imidazole rings is 1. The van der Waals surface area contributed by atoms with Gasteiger partial charge in [-0.25, -0.2) is 4.98 Å². The van der Waals surface area contributed by atoms with Crippen molar-refractivity contribution in [3.8, 4) is 11.4 Å². The Morgan fingerprint density at radius 3 is 2.71 bits per heavy atom. The lowest BCUT2D eigenvalue weighted by Crippen LogP contribution is -2.41. The van der Waals surface area contributed by atoms with Crippen LogP contribution in [-0.4, -0.2) is 47.0 Å². The van der Waals surface area contributed by atoms with Crippen molar-refractivity contribution in [1.29, 1.82) is 0 Å². The van der Waals surface area contributed by atoms with E-state index < -0.39 is 0 Å². The summed E-state index contributed by atoms with van der Waals surface area (Å²) in [6.07, 6.45) is 4.05. The summed E-state index contributed by atoms with van der Waals surface area (Å²) in [7, 11) is 1.97. The lowest BCUT2D eigenvalue weighted by molar-refractivity contribution is -0.135. The topological polar surface area (TPSA) is 52.2 Å². The number of hydrogen-bond donors (Lipinski definition) is 1. The molecule has 0 saturated carbocycles. The molecule has 0 aliphatic carbocycles. The van der Waals surface area contributed by atoms with E-state index in [1.807, 2.05) is 44.0 Å². The SMILES string of the molecule is CC.CCCC(CC)N(C)C(=O)C1CCN(c2ccc(Cl)c(-c3nc4ccc(C)cc4[nH]3)c2)C1. The molecule has 5 nitrogen and oxygen atoms in total. The van der Waals surface area contributed by atoms with Gasteiger partial charge in [-0.3, -0.25) is 4.79 Å². The Kier molecular flexibility index (Phi) is 9.01. The zero-order valence-corrected chi connectivity index (χ0v) is 22.2. The van der Waals surface area contributed by atoms with Gasteiger partial charge < -0.3 is 14.8 Å². The fourth-order valence-electron chi connectivity index (χ4n) is 4.81. The minimum absolute atomic E-state index is 0.0409. The van der Waals surface area contributed by atoms with Crippen LogP contribution in [0.25, 0.3) is 22.4 Å². The Hall–Kier alpha value is -2.53. The standard InChI is InChI=1S/C26H33ClN4O.C2H6/c1-5-7-19(6-2)30(4)26(32)18-12-13-31(16-18)20-9-10-22(27)21(15-20)25-28-23-11-8-17(3)14-24(23)29-25;1-2/h8-11,14-15,18-19H,5-7,12-13,16H2,1-4H3,(H,28,29);1-2H3. The first kappa shape index (κ1) is 26.1. The first-order chi connectivity index (χ1) is 16.4. The normalized spacial score (nSPS) is 16.3. The van der Waals surface area contributed by atoms with Crippen LogP contribution in [0.15, 0.2) is 36.4 Å². The predicted octanol–water partition coefficient (Wildman–Crippen LogP) is 7.08.